The van der Waals surface area contributed by atoms with Crippen LogP contribution in [0.4, 0.5) is 10.1 Å². The normalized spacial score (nSPS) is 11.8. The van der Waals surface area contributed by atoms with Crippen molar-refractivity contribution in [2.24, 2.45) is 5.10 Å². The third-order valence-corrected chi connectivity index (χ3v) is 3.38. The number of carbonyl (C=O) groups is 1. The standard InChI is InChI=1S/C13H16FN7O3/c1-4-19-11(14)9(6-16-19)5-15-18-12(22)13(2,3)20-8-10(7-17-20)21(23)24/h5-8H,4H2,1-3H3,(H,18,22)/b15-5-. The second-order valence-corrected chi connectivity index (χ2v) is 5.36. The van der Waals surface area contributed by atoms with Gasteiger partial charge in [-0.25, -0.2) is 10.1 Å². The molecule has 2 rings (SSSR count). The van der Waals surface area contributed by atoms with Gasteiger partial charge >= 0.3 is 5.69 Å². The minimum absolute atomic E-state index is 0.129. The molecule has 0 bridgehead atoms. The van der Waals surface area contributed by atoms with Crippen LogP contribution < -0.4 is 5.43 Å². The summed E-state index contributed by atoms with van der Waals surface area (Å²) in [6.07, 6.45) is 4.62. The van der Waals surface area contributed by atoms with Crippen LogP contribution in [0.3, 0.4) is 0 Å². The van der Waals surface area contributed by atoms with Gasteiger partial charge in [0.2, 0.25) is 5.95 Å². The van der Waals surface area contributed by atoms with E-state index in [1.807, 2.05) is 0 Å². The highest BCUT2D eigenvalue weighted by Gasteiger charge is 2.32. The highest BCUT2D eigenvalue weighted by atomic mass is 19.1. The highest BCUT2D eigenvalue weighted by Crippen LogP contribution is 2.18. The molecule has 24 heavy (non-hydrogen) atoms. The molecule has 1 amide bonds. The SMILES string of the molecule is CCn1ncc(/C=N\NC(=O)C(C)(C)n2cc([N+](=O)[O-])cn2)c1F. The van der Waals surface area contributed by atoms with Gasteiger partial charge in [-0.1, -0.05) is 0 Å². The molecule has 0 radical (unpaired) electrons. The van der Waals surface area contributed by atoms with Crippen molar-refractivity contribution in [1.82, 2.24) is 25.0 Å². The molecule has 0 aliphatic heterocycles. The number of rotatable bonds is 6. The predicted octanol–water partition coefficient (Wildman–Crippen LogP) is 1.03. The van der Waals surface area contributed by atoms with Gasteiger partial charge < -0.3 is 0 Å². The zero-order valence-electron chi connectivity index (χ0n) is 13.3. The van der Waals surface area contributed by atoms with E-state index < -0.39 is 22.3 Å². The summed E-state index contributed by atoms with van der Waals surface area (Å²) in [5, 5.41) is 22.0. The van der Waals surface area contributed by atoms with E-state index >= 15 is 0 Å². The molecule has 0 saturated carbocycles. The van der Waals surface area contributed by atoms with Crippen LogP contribution in [0, 0.1) is 16.1 Å². The topological polar surface area (TPSA) is 120 Å². The van der Waals surface area contributed by atoms with Crippen LogP contribution in [0.5, 0.6) is 0 Å². The van der Waals surface area contributed by atoms with E-state index in [4.69, 9.17) is 0 Å². The van der Waals surface area contributed by atoms with E-state index in [1.54, 1.807) is 6.92 Å². The molecule has 1 N–H and O–H groups in total. The third kappa shape index (κ3) is 3.29. The number of hydrogen-bond donors (Lipinski definition) is 1. The van der Waals surface area contributed by atoms with Gasteiger partial charge in [-0.05, 0) is 20.8 Å². The van der Waals surface area contributed by atoms with Gasteiger partial charge in [-0.2, -0.15) is 19.7 Å². The van der Waals surface area contributed by atoms with Crippen molar-refractivity contribution in [3.63, 3.8) is 0 Å². The van der Waals surface area contributed by atoms with Gasteiger partial charge in [0.05, 0.1) is 22.9 Å². The first-order valence-corrected chi connectivity index (χ1v) is 7.01. The largest absolute Gasteiger partial charge is 0.307 e. The second-order valence-electron chi connectivity index (χ2n) is 5.36. The zero-order chi connectivity index (χ0) is 17.9. The van der Waals surface area contributed by atoms with Crippen LogP contribution in [0.15, 0.2) is 23.7 Å². The van der Waals surface area contributed by atoms with Crippen LogP contribution in [0.25, 0.3) is 0 Å². The first-order chi connectivity index (χ1) is 11.3. The van der Waals surface area contributed by atoms with E-state index in [0.717, 1.165) is 28.0 Å². The molecule has 0 fully saturated rings. The van der Waals surface area contributed by atoms with Crippen LogP contribution in [0.1, 0.15) is 26.3 Å². The monoisotopic (exact) mass is 337 g/mol. The molecule has 10 nitrogen and oxygen atoms in total. The van der Waals surface area contributed by atoms with Gasteiger partial charge in [-0.15, -0.1) is 0 Å². The summed E-state index contributed by atoms with van der Waals surface area (Å²) in [6.45, 7) is 5.15. The molecule has 0 unspecified atom stereocenters. The van der Waals surface area contributed by atoms with Crippen LogP contribution in [0.2, 0.25) is 0 Å². The molecule has 0 spiro atoms. The Hall–Kier alpha value is -3.11. The Balaban J connectivity index is 2.08. The Labute approximate surface area is 136 Å². The molecular weight excluding hydrogens is 321 g/mol. The average molecular weight is 337 g/mol. The van der Waals surface area contributed by atoms with Gasteiger partial charge in [0.15, 0.2) is 0 Å². The molecule has 0 aromatic carbocycles. The Morgan fingerprint density at radius 2 is 2.21 bits per heavy atom. The number of hydrazone groups is 1. The number of aryl methyl sites for hydroxylation is 1. The van der Waals surface area contributed by atoms with Crippen LogP contribution in [-0.4, -0.2) is 36.6 Å². The summed E-state index contributed by atoms with van der Waals surface area (Å²) in [5.41, 5.74) is 0.936. The summed E-state index contributed by atoms with van der Waals surface area (Å²) >= 11 is 0. The summed E-state index contributed by atoms with van der Waals surface area (Å²) in [7, 11) is 0. The van der Waals surface area contributed by atoms with Crippen LogP contribution in [-0.2, 0) is 16.9 Å². The quantitative estimate of drug-likeness (QED) is 0.479. The maximum Gasteiger partial charge on any atom is 0.307 e. The number of hydrogen-bond acceptors (Lipinski definition) is 6. The maximum absolute atomic E-state index is 13.8. The number of nitro groups is 1. The number of amides is 1. The van der Waals surface area contributed by atoms with Crippen molar-refractivity contribution in [2.75, 3.05) is 0 Å². The lowest BCUT2D eigenvalue weighted by atomic mass is 10.1. The Bertz CT molecular complexity index is 793. The molecule has 0 atom stereocenters. The van der Waals surface area contributed by atoms with E-state index in [2.05, 4.69) is 20.7 Å². The zero-order valence-corrected chi connectivity index (χ0v) is 13.3. The van der Waals surface area contributed by atoms with Crippen molar-refractivity contribution < 1.29 is 14.1 Å². The number of carbonyl (C=O) groups excluding carboxylic acids is 1. The molecule has 11 heteroatoms. The van der Waals surface area contributed by atoms with Crippen molar-refractivity contribution in [2.45, 2.75) is 32.9 Å². The molecule has 2 aromatic heterocycles. The summed E-state index contributed by atoms with van der Waals surface area (Å²) in [4.78, 5) is 22.3. The smallest absolute Gasteiger partial charge is 0.270 e. The minimum atomic E-state index is -1.22. The van der Waals surface area contributed by atoms with Crippen molar-refractivity contribution in [1.29, 1.82) is 0 Å². The van der Waals surface area contributed by atoms with E-state index in [-0.39, 0.29) is 11.3 Å². The van der Waals surface area contributed by atoms with Gasteiger partial charge in [0.1, 0.15) is 17.9 Å². The summed E-state index contributed by atoms with van der Waals surface area (Å²) in [6, 6.07) is 0. The van der Waals surface area contributed by atoms with E-state index in [9.17, 15) is 19.3 Å². The van der Waals surface area contributed by atoms with Gasteiger partial charge in [0, 0.05) is 6.54 Å². The number of nitrogens with zero attached hydrogens (tertiary/aromatic N) is 6. The third-order valence-electron chi connectivity index (χ3n) is 3.38. The molecule has 0 saturated heterocycles. The molecule has 2 heterocycles. The van der Waals surface area contributed by atoms with E-state index in [1.165, 1.54) is 20.0 Å². The molecular formula is C13H16FN7O3. The van der Waals surface area contributed by atoms with Crippen molar-refractivity contribution >= 4 is 17.8 Å². The molecule has 0 aliphatic rings. The fourth-order valence-corrected chi connectivity index (χ4v) is 1.81. The fourth-order valence-electron chi connectivity index (χ4n) is 1.81. The maximum atomic E-state index is 13.8. The summed E-state index contributed by atoms with van der Waals surface area (Å²) < 4.78 is 16.1. The van der Waals surface area contributed by atoms with Crippen molar-refractivity contribution in [3.8, 4) is 0 Å². The Morgan fingerprint density at radius 1 is 1.50 bits per heavy atom. The number of aromatic nitrogens is 4. The molecule has 128 valence electrons. The lowest BCUT2D eigenvalue weighted by Gasteiger charge is -2.22. The van der Waals surface area contributed by atoms with Gasteiger partial charge in [-0.3, -0.25) is 19.6 Å². The highest BCUT2D eigenvalue weighted by molar-refractivity contribution is 5.85. The van der Waals surface area contributed by atoms with Gasteiger partial charge in [0.25, 0.3) is 5.91 Å². The average Bonchev–Trinajstić information content (AvgIpc) is 3.15. The Morgan fingerprint density at radius 3 is 2.75 bits per heavy atom. The fraction of sp³-hybridized carbons (Fsp3) is 0.385. The first-order valence-electron chi connectivity index (χ1n) is 7.01. The number of halogens is 1. The van der Waals surface area contributed by atoms with E-state index in [0.29, 0.717) is 6.54 Å². The summed E-state index contributed by atoms with van der Waals surface area (Å²) in [5.74, 6) is -1.13. The minimum Gasteiger partial charge on any atom is -0.270 e. The lowest BCUT2D eigenvalue weighted by Crippen LogP contribution is -2.42. The number of nitrogens with one attached hydrogen (secondary N) is 1. The molecule has 2 aromatic rings. The van der Waals surface area contributed by atoms with Crippen LogP contribution >= 0.6 is 0 Å². The lowest BCUT2D eigenvalue weighted by molar-refractivity contribution is -0.385. The second kappa shape index (κ2) is 6.56. The molecule has 0 aliphatic carbocycles. The first kappa shape index (κ1) is 17.2. The Kier molecular flexibility index (Phi) is 4.71. The van der Waals surface area contributed by atoms with Crippen molar-refractivity contribution in [3.05, 3.63) is 40.2 Å². The predicted molar refractivity (Wildman–Crippen MR) is 81.8 cm³/mol.